The van der Waals surface area contributed by atoms with Crippen LogP contribution in [-0.4, -0.2) is 0 Å². The SMILES string of the molecule is CCC[C]1CCCCCCCC1. The third kappa shape index (κ3) is 4.13. The number of hydrogen-bond acceptors (Lipinski definition) is 0. The van der Waals surface area contributed by atoms with Crippen molar-refractivity contribution in [1.82, 2.24) is 0 Å². The first-order valence-electron chi connectivity index (χ1n) is 5.77. The van der Waals surface area contributed by atoms with Gasteiger partial charge in [0.1, 0.15) is 0 Å². The molecule has 0 heteroatoms. The monoisotopic (exact) mass is 167 g/mol. The van der Waals surface area contributed by atoms with Crippen LogP contribution in [0.1, 0.15) is 71.1 Å². The molecule has 1 rings (SSSR count). The smallest absolute Gasteiger partial charge is 0.0241 e. The Bertz CT molecular complexity index is 86.2. The van der Waals surface area contributed by atoms with Gasteiger partial charge in [0.2, 0.25) is 0 Å². The maximum Gasteiger partial charge on any atom is -0.0241 e. The first-order chi connectivity index (χ1) is 5.93. The van der Waals surface area contributed by atoms with Crippen molar-refractivity contribution in [3.8, 4) is 0 Å². The molecule has 0 aromatic rings. The van der Waals surface area contributed by atoms with E-state index in [0.29, 0.717) is 0 Å². The van der Waals surface area contributed by atoms with Crippen LogP contribution in [0.2, 0.25) is 0 Å². The molecule has 1 radical (unpaired) electrons. The molecule has 71 valence electrons. The van der Waals surface area contributed by atoms with Crippen LogP contribution in [0.5, 0.6) is 0 Å². The van der Waals surface area contributed by atoms with Gasteiger partial charge in [0.05, 0.1) is 0 Å². The van der Waals surface area contributed by atoms with Gasteiger partial charge in [-0.25, -0.2) is 0 Å². The second-order valence-electron chi connectivity index (χ2n) is 4.12. The average Bonchev–Trinajstić information content (AvgIpc) is 2.19. The van der Waals surface area contributed by atoms with Gasteiger partial charge in [0.25, 0.3) is 0 Å². The minimum absolute atomic E-state index is 1.36. The third-order valence-electron chi connectivity index (χ3n) is 2.91. The normalized spacial score (nSPS) is 22.8. The molecule has 1 aliphatic rings. The molecule has 0 aromatic heterocycles. The molecule has 0 spiro atoms. The zero-order chi connectivity index (χ0) is 8.65. The highest BCUT2D eigenvalue weighted by atomic mass is 14.1. The zero-order valence-electron chi connectivity index (χ0n) is 8.57. The van der Waals surface area contributed by atoms with E-state index < -0.39 is 0 Å². The summed E-state index contributed by atoms with van der Waals surface area (Å²) in [7, 11) is 0. The van der Waals surface area contributed by atoms with E-state index in [1.165, 1.54) is 64.2 Å². The molecule has 0 N–H and O–H groups in total. The second-order valence-corrected chi connectivity index (χ2v) is 4.12. The lowest BCUT2D eigenvalue weighted by atomic mass is 9.93. The molecule has 1 aliphatic carbocycles. The molecule has 0 heterocycles. The first-order valence-corrected chi connectivity index (χ1v) is 5.77. The van der Waals surface area contributed by atoms with Crippen molar-refractivity contribution in [2.45, 2.75) is 71.1 Å². The van der Waals surface area contributed by atoms with E-state index >= 15 is 0 Å². The molecule has 0 aliphatic heterocycles. The Labute approximate surface area is 77.7 Å². The largest absolute Gasteiger partial charge is 0.0654 e. The van der Waals surface area contributed by atoms with Crippen molar-refractivity contribution in [3.05, 3.63) is 5.92 Å². The van der Waals surface area contributed by atoms with Crippen molar-refractivity contribution < 1.29 is 0 Å². The molecule has 0 atom stereocenters. The molecule has 0 bridgehead atoms. The standard InChI is InChI=1S/C12H23/c1-2-9-12-10-7-5-3-4-6-8-11-12/h2-11H2,1H3. The lowest BCUT2D eigenvalue weighted by Crippen LogP contribution is -1.96. The maximum atomic E-state index is 2.31. The van der Waals surface area contributed by atoms with Crippen molar-refractivity contribution in [1.29, 1.82) is 0 Å². The third-order valence-corrected chi connectivity index (χ3v) is 2.91. The van der Waals surface area contributed by atoms with Gasteiger partial charge in [-0.05, 0) is 25.2 Å². The molecule has 0 unspecified atom stereocenters. The van der Waals surface area contributed by atoms with Crippen LogP contribution in [0.4, 0.5) is 0 Å². The molecular formula is C12H23. The fourth-order valence-electron chi connectivity index (χ4n) is 2.19. The van der Waals surface area contributed by atoms with Crippen LogP contribution in [0.15, 0.2) is 0 Å². The van der Waals surface area contributed by atoms with E-state index in [0.717, 1.165) is 0 Å². The lowest BCUT2D eigenvalue weighted by molar-refractivity contribution is 0.600. The van der Waals surface area contributed by atoms with E-state index in [1.54, 1.807) is 0 Å². The summed E-state index contributed by atoms with van der Waals surface area (Å²) in [4.78, 5) is 0. The lowest BCUT2D eigenvalue weighted by Gasteiger charge is -2.13. The Balaban J connectivity index is 2.19. The topological polar surface area (TPSA) is 0 Å². The summed E-state index contributed by atoms with van der Waals surface area (Å²) in [5.74, 6) is 1.86. The fourth-order valence-corrected chi connectivity index (χ4v) is 2.19. The van der Waals surface area contributed by atoms with Gasteiger partial charge in [-0.2, -0.15) is 0 Å². The molecule has 12 heavy (non-hydrogen) atoms. The summed E-state index contributed by atoms with van der Waals surface area (Å²) in [6, 6.07) is 0. The second kappa shape index (κ2) is 6.51. The highest BCUT2D eigenvalue weighted by Crippen LogP contribution is 2.26. The molecular weight excluding hydrogens is 144 g/mol. The maximum absolute atomic E-state index is 2.31. The van der Waals surface area contributed by atoms with Crippen LogP contribution in [0.25, 0.3) is 0 Å². The highest BCUT2D eigenvalue weighted by molar-refractivity contribution is 4.89. The van der Waals surface area contributed by atoms with Gasteiger partial charge in [0.15, 0.2) is 0 Å². The molecule has 0 amide bonds. The van der Waals surface area contributed by atoms with Crippen LogP contribution < -0.4 is 0 Å². The van der Waals surface area contributed by atoms with Gasteiger partial charge in [-0.3, -0.25) is 0 Å². The minimum atomic E-state index is 1.36. The summed E-state index contributed by atoms with van der Waals surface area (Å²) in [6.45, 7) is 2.31. The number of hydrogen-bond donors (Lipinski definition) is 0. The summed E-state index contributed by atoms with van der Waals surface area (Å²) in [5, 5.41) is 0. The van der Waals surface area contributed by atoms with Gasteiger partial charge in [0, 0.05) is 0 Å². The van der Waals surface area contributed by atoms with E-state index in [9.17, 15) is 0 Å². The summed E-state index contributed by atoms with van der Waals surface area (Å²) < 4.78 is 0. The zero-order valence-corrected chi connectivity index (χ0v) is 8.57. The van der Waals surface area contributed by atoms with Crippen molar-refractivity contribution >= 4 is 0 Å². The van der Waals surface area contributed by atoms with Gasteiger partial charge in [-0.15, -0.1) is 0 Å². The predicted molar refractivity (Wildman–Crippen MR) is 55.1 cm³/mol. The van der Waals surface area contributed by atoms with E-state index in [4.69, 9.17) is 0 Å². The predicted octanol–water partition coefficient (Wildman–Crippen LogP) is 4.50. The average molecular weight is 167 g/mol. The summed E-state index contributed by atoms with van der Waals surface area (Å²) in [5.41, 5.74) is 0. The molecule has 0 aromatic carbocycles. The molecule has 1 fully saturated rings. The van der Waals surface area contributed by atoms with Crippen LogP contribution in [0.3, 0.4) is 0 Å². The summed E-state index contributed by atoms with van der Waals surface area (Å²) >= 11 is 0. The van der Waals surface area contributed by atoms with Crippen LogP contribution in [0, 0.1) is 5.92 Å². The van der Waals surface area contributed by atoms with E-state index in [-0.39, 0.29) is 0 Å². The van der Waals surface area contributed by atoms with Crippen molar-refractivity contribution in [3.63, 3.8) is 0 Å². The van der Waals surface area contributed by atoms with E-state index in [1.807, 2.05) is 5.92 Å². The van der Waals surface area contributed by atoms with Crippen LogP contribution in [-0.2, 0) is 0 Å². The van der Waals surface area contributed by atoms with Gasteiger partial charge < -0.3 is 0 Å². The highest BCUT2D eigenvalue weighted by Gasteiger charge is 2.09. The Morgan fingerprint density at radius 1 is 0.833 bits per heavy atom. The van der Waals surface area contributed by atoms with Crippen molar-refractivity contribution in [2.75, 3.05) is 0 Å². The van der Waals surface area contributed by atoms with Crippen molar-refractivity contribution in [2.24, 2.45) is 0 Å². The molecule has 0 nitrogen and oxygen atoms in total. The molecule has 1 saturated carbocycles. The Morgan fingerprint density at radius 3 is 1.83 bits per heavy atom. The Hall–Kier alpha value is 0. The van der Waals surface area contributed by atoms with Gasteiger partial charge in [-0.1, -0.05) is 51.9 Å². The fraction of sp³-hybridized carbons (Fsp3) is 0.917. The summed E-state index contributed by atoms with van der Waals surface area (Å²) in [6.07, 6.45) is 14.5. The number of rotatable bonds is 2. The quantitative estimate of drug-likeness (QED) is 0.568. The first kappa shape index (κ1) is 10.1. The molecule has 0 saturated heterocycles. The van der Waals surface area contributed by atoms with Crippen LogP contribution >= 0.6 is 0 Å². The minimum Gasteiger partial charge on any atom is -0.0654 e. The van der Waals surface area contributed by atoms with E-state index in [2.05, 4.69) is 6.92 Å². The van der Waals surface area contributed by atoms with Gasteiger partial charge >= 0.3 is 0 Å². The Kier molecular flexibility index (Phi) is 5.47. The Morgan fingerprint density at radius 2 is 1.33 bits per heavy atom.